The highest BCUT2D eigenvalue weighted by Crippen LogP contribution is 2.14. The minimum Gasteiger partial charge on any atom is -0.369 e. The second-order valence-corrected chi connectivity index (χ2v) is 4.25. The fourth-order valence-corrected chi connectivity index (χ4v) is 2.06. The molecule has 0 spiro atoms. The van der Waals surface area contributed by atoms with Crippen molar-refractivity contribution in [3.8, 4) is 0 Å². The van der Waals surface area contributed by atoms with E-state index < -0.39 is 0 Å². The molecule has 16 heavy (non-hydrogen) atoms. The van der Waals surface area contributed by atoms with Crippen LogP contribution in [0.2, 0.25) is 0 Å². The van der Waals surface area contributed by atoms with Gasteiger partial charge in [0.1, 0.15) is 0 Å². The van der Waals surface area contributed by atoms with Gasteiger partial charge in [0.2, 0.25) is 5.24 Å². The SMILES string of the molecule is O=C(Cl)CN1CCN(c2ccncc2)CC1. The van der Waals surface area contributed by atoms with E-state index in [9.17, 15) is 4.79 Å². The summed E-state index contributed by atoms with van der Waals surface area (Å²) >= 11 is 5.36. The molecule has 0 atom stereocenters. The highest BCUT2D eigenvalue weighted by molar-refractivity contribution is 6.64. The van der Waals surface area contributed by atoms with Crippen molar-refractivity contribution in [2.75, 3.05) is 37.6 Å². The molecular formula is C11H14ClN3O. The third-order valence-corrected chi connectivity index (χ3v) is 2.87. The van der Waals surface area contributed by atoms with Crippen LogP contribution in [0.15, 0.2) is 24.5 Å². The van der Waals surface area contributed by atoms with Gasteiger partial charge in [0.05, 0.1) is 6.54 Å². The van der Waals surface area contributed by atoms with Gasteiger partial charge >= 0.3 is 0 Å². The number of pyridine rings is 1. The Hall–Kier alpha value is -1.13. The predicted octanol–water partition coefficient (Wildman–Crippen LogP) is 0.969. The standard InChI is InChI=1S/C11H14ClN3O/c12-11(16)9-14-5-7-15(8-6-14)10-1-3-13-4-2-10/h1-4H,5-9H2. The van der Waals surface area contributed by atoms with E-state index in [1.165, 1.54) is 5.69 Å². The lowest BCUT2D eigenvalue weighted by Gasteiger charge is -2.35. The number of rotatable bonds is 3. The van der Waals surface area contributed by atoms with Crippen LogP contribution in [0.5, 0.6) is 0 Å². The number of carbonyl (C=O) groups is 1. The summed E-state index contributed by atoms with van der Waals surface area (Å²) in [5.41, 5.74) is 1.19. The highest BCUT2D eigenvalue weighted by Gasteiger charge is 2.18. The molecule has 1 aliphatic heterocycles. The van der Waals surface area contributed by atoms with Gasteiger partial charge in [-0.1, -0.05) is 0 Å². The van der Waals surface area contributed by atoms with Gasteiger partial charge in [0, 0.05) is 44.3 Å². The van der Waals surface area contributed by atoms with Crippen molar-refractivity contribution in [1.29, 1.82) is 0 Å². The average Bonchev–Trinajstić information content (AvgIpc) is 2.30. The van der Waals surface area contributed by atoms with Crippen LogP contribution < -0.4 is 4.90 Å². The van der Waals surface area contributed by atoms with Gasteiger partial charge in [0.15, 0.2) is 0 Å². The Bertz CT molecular complexity index is 350. The van der Waals surface area contributed by atoms with Crippen molar-refractivity contribution in [3.05, 3.63) is 24.5 Å². The summed E-state index contributed by atoms with van der Waals surface area (Å²) in [5.74, 6) is 0. The van der Waals surface area contributed by atoms with E-state index in [4.69, 9.17) is 11.6 Å². The minimum absolute atomic E-state index is 0.280. The normalized spacial score (nSPS) is 17.4. The summed E-state index contributed by atoms with van der Waals surface area (Å²) in [5, 5.41) is -0.280. The quantitative estimate of drug-likeness (QED) is 0.737. The lowest BCUT2D eigenvalue weighted by atomic mass is 10.2. The van der Waals surface area contributed by atoms with E-state index in [0.29, 0.717) is 6.54 Å². The van der Waals surface area contributed by atoms with Crippen LogP contribution in [0, 0.1) is 0 Å². The lowest BCUT2D eigenvalue weighted by molar-refractivity contribution is -0.112. The first-order valence-corrected chi connectivity index (χ1v) is 5.69. The largest absolute Gasteiger partial charge is 0.369 e. The monoisotopic (exact) mass is 239 g/mol. The fourth-order valence-electron chi connectivity index (χ4n) is 1.89. The molecule has 0 N–H and O–H groups in total. The number of nitrogens with zero attached hydrogens (tertiary/aromatic N) is 3. The smallest absolute Gasteiger partial charge is 0.235 e. The first-order valence-electron chi connectivity index (χ1n) is 5.31. The predicted molar refractivity (Wildman–Crippen MR) is 63.8 cm³/mol. The van der Waals surface area contributed by atoms with Gasteiger partial charge in [-0.2, -0.15) is 0 Å². The Morgan fingerprint density at radius 1 is 1.25 bits per heavy atom. The highest BCUT2D eigenvalue weighted by atomic mass is 35.5. The van der Waals surface area contributed by atoms with Crippen LogP contribution >= 0.6 is 11.6 Å². The summed E-state index contributed by atoms with van der Waals surface area (Å²) in [7, 11) is 0. The van der Waals surface area contributed by atoms with Gasteiger partial charge in [-0.15, -0.1) is 0 Å². The van der Waals surface area contributed by atoms with Crippen LogP contribution in [-0.2, 0) is 4.79 Å². The molecule has 2 rings (SSSR count). The van der Waals surface area contributed by atoms with E-state index >= 15 is 0 Å². The molecule has 1 aromatic rings. The fraction of sp³-hybridized carbons (Fsp3) is 0.455. The maximum absolute atomic E-state index is 10.8. The van der Waals surface area contributed by atoms with Crippen molar-refractivity contribution in [3.63, 3.8) is 0 Å². The van der Waals surface area contributed by atoms with E-state index in [2.05, 4.69) is 14.8 Å². The van der Waals surface area contributed by atoms with E-state index in [-0.39, 0.29) is 5.24 Å². The third-order valence-electron chi connectivity index (χ3n) is 2.75. The zero-order valence-corrected chi connectivity index (χ0v) is 9.73. The van der Waals surface area contributed by atoms with Crippen molar-refractivity contribution >= 4 is 22.5 Å². The van der Waals surface area contributed by atoms with Gasteiger partial charge < -0.3 is 4.90 Å². The minimum atomic E-state index is -0.280. The maximum atomic E-state index is 10.8. The molecule has 5 heteroatoms. The Balaban J connectivity index is 1.88. The van der Waals surface area contributed by atoms with Crippen LogP contribution in [0.25, 0.3) is 0 Å². The average molecular weight is 240 g/mol. The molecule has 2 heterocycles. The van der Waals surface area contributed by atoms with Gasteiger partial charge in [-0.3, -0.25) is 14.7 Å². The topological polar surface area (TPSA) is 36.4 Å². The summed E-state index contributed by atoms with van der Waals surface area (Å²) in [4.78, 5) is 19.1. The number of carbonyl (C=O) groups excluding carboxylic acids is 1. The number of halogens is 1. The number of hydrogen-bond acceptors (Lipinski definition) is 4. The molecule has 86 valence electrons. The molecule has 0 bridgehead atoms. The Labute approximate surface area is 99.8 Å². The molecule has 1 saturated heterocycles. The molecule has 0 aliphatic carbocycles. The Kier molecular flexibility index (Phi) is 3.74. The number of piperazine rings is 1. The summed E-state index contributed by atoms with van der Waals surface area (Å²) in [6, 6.07) is 4.00. The third kappa shape index (κ3) is 2.93. The van der Waals surface area contributed by atoms with Crippen LogP contribution in [0.3, 0.4) is 0 Å². The Morgan fingerprint density at radius 3 is 2.44 bits per heavy atom. The molecule has 0 radical (unpaired) electrons. The lowest BCUT2D eigenvalue weighted by Crippen LogP contribution is -2.47. The zero-order valence-electron chi connectivity index (χ0n) is 8.97. The van der Waals surface area contributed by atoms with Gasteiger partial charge in [0.25, 0.3) is 0 Å². The molecule has 0 aromatic carbocycles. The molecule has 0 amide bonds. The van der Waals surface area contributed by atoms with Gasteiger partial charge in [-0.25, -0.2) is 0 Å². The summed E-state index contributed by atoms with van der Waals surface area (Å²) < 4.78 is 0. The molecule has 0 unspecified atom stereocenters. The first kappa shape index (κ1) is 11.4. The van der Waals surface area contributed by atoms with Crippen molar-refractivity contribution in [2.45, 2.75) is 0 Å². The Morgan fingerprint density at radius 2 is 1.88 bits per heavy atom. The van der Waals surface area contributed by atoms with Gasteiger partial charge in [-0.05, 0) is 23.7 Å². The van der Waals surface area contributed by atoms with Crippen molar-refractivity contribution < 1.29 is 4.79 Å². The molecule has 1 aromatic heterocycles. The number of aromatic nitrogens is 1. The molecule has 0 saturated carbocycles. The second-order valence-electron chi connectivity index (χ2n) is 3.82. The van der Waals surface area contributed by atoms with E-state index in [1.54, 1.807) is 12.4 Å². The second kappa shape index (κ2) is 5.27. The van der Waals surface area contributed by atoms with E-state index in [0.717, 1.165) is 26.2 Å². The molecule has 1 fully saturated rings. The zero-order chi connectivity index (χ0) is 11.4. The van der Waals surface area contributed by atoms with Crippen LogP contribution in [0.1, 0.15) is 0 Å². The molecular weight excluding hydrogens is 226 g/mol. The van der Waals surface area contributed by atoms with Crippen LogP contribution in [0.4, 0.5) is 5.69 Å². The summed E-state index contributed by atoms with van der Waals surface area (Å²) in [6.07, 6.45) is 3.59. The van der Waals surface area contributed by atoms with E-state index in [1.807, 2.05) is 12.1 Å². The van der Waals surface area contributed by atoms with Crippen molar-refractivity contribution in [2.24, 2.45) is 0 Å². The number of anilines is 1. The number of hydrogen-bond donors (Lipinski definition) is 0. The van der Waals surface area contributed by atoms with Crippen molar-refractivity contribution in [1.82, 2.24) is 9.88 Å². The first-order chi connectivity index (χ1) is 7.75. The molecule has 1 aliphatic rings. The summed E-state index contributed by atoms with van der Waals surface area (Å²) in [6.45, 7) is 3.95. The molecule has 4 nitrogen and oxygen atoms in total. The van der Waals surface area contributed by atoms with Crippen LogP contribution in [-0.4, -0.2) is 47.9 Å². The maximum Gasteiger partial charge on any atom is 0.235 e.